The number of carbonyl (C=O) groups excluding carboxylic acids is 2. The molecule has 4 rings (SSSR count). The number of anilines is 2. The highest BCUT2D eigenvalue weighted by molar-refractivity contribution is 6.00. The first-order chi connectivity index (χ1) is 14.9. The molecule has 0 radical (unpaired) electrons. The Kier molecular flexibility index (Phi) is 6.44. The fraction of sp³-hybridized carbons (Fsp3) is 0.619. The van der Waals surface area contributed by atoms with Gasteiger partial charge < -0.3 is 40.3 Å². The number of amides is 2. The largest absolute Gasteiger partial charge is 0.394 e. The second kappa shape index (κ2) is 9.09. The summed E-state index contributed by atoms with van der Waals surface area (Å²) in [6.07, 6.45) is -3.37. The van der Waals surface area contributed by atoms with Crippen molar-refractivity contribution in [2.75, 3.05) is 36.0 Å². The van der Waals surface area contributed by atoms with E-state index < -0.39 is 49.1 Å². The van der Waals surface area contributed by atoms with E-state index in [0.717, 1.165) is 18.8 Å². The summed E-state index contributed by atoms with van der Waals surface area (Å²) >= 11 is 0. The monoisotopic (exact) mass is 435 g/mol. The van der Waals surface area contributed by atoms with Gasteiger partial charge in [-0.1, -0.05) is 0 Å². The van der Waals surface area contributed by atoms with Gasteiger partial charge in [0.25, 0.3) is 0 Å². The third-order valence-electron chi connectivity index (χ3n) is 6.34. The van der Waals surface area contributed by atoms with E-state index in [1.807, 2.05) is 24.3 Å². The van der Waals surface area contributed by atoms with E-state index in [1.54, 1.807) is 4.90 Å². The molecule has 3 fully saturated rings. The molecule has 0 saturated carbocycles. The standard InChI is InChI=1S/C21H29N3O7/c25-11-15-18(27)19(28)17(21(30)31-15)22-20(29)12-9-16(26)24(10-12)14-5-3-13(4-6-14)23-7-1-2-8-23/h3-6,12,15,17-19,21,25,27-28,30H,1-2,7-11H2,(H,22,29)/t12?,15-,17?,18?,19-,21?/m1/s1. The minimum Gasteiger partial charge on any atom is -0.394 e. The molecule has 170 valence electrons. The first kappa shape index (κ1) is 22.0. The molecule has 3 saturated heterocycles. The number of carbonyl (C=O) groups is 2. The summed E-state index contributed by atoms with van der Waals surface area (Å²) in [5, 5.41) is 41.8. The Morgan fingerprint density at radius 1 is 1.06 bits per heavy atom. The van der Waals surface area contributed by atoms with Crippen LogP contribution in [-0.2, 0) is 14.3 Å². The van der Waals surface area contributed by atoms with Crippen molar-refractivity contribution < 1.29 is 34.8 Å². The molecule has 4 unspecified atom stereocenters. The molecule has 3 aliphatic heterocycles. The molecule has 10 nitrogen and oxygen atoms in total. The van der Waals surface area contributed by atoms with Gasteiger partial charge in [0.15, 0.2) is 6.29 Å². The Bertz CT molecular complexity index is 799. The minimum atomic E-state index is -1.59. The first-order valence-corrected chi connectivity index (χ1v) is 10.7. The highest BCUT2D eigenvalue weighted by Crippen LogP contribution is 2.29. The molecule has 2 amide bonds. The van der Waals surface area contributed by atoms with E-state index in [2.05, 4.69) is 10.2 Å². The van der Waals surface area contributed by atoms with Crippen LogP contribution in [0.5, 0.6) is 0 Å². The van der Waals surface area contributed by atoms with Gasteiger partial charge in [-0.25, -0.2) is 0 Å². The lowest BCUT2D eigenvalue weighted by molar-refractivity contribution is -0.254. The Morgan fingerprint density at radius 3 is 2.35 bits per heavy atom. The molecular formula is C21H29N3O7. The zero-order chi connectivity index (χ0) is 22.1. The molecule has 1 aromatic rings. The van der Waals surface area contributed by atoms with Gasteiger partial charge in [-0.3, -0.25) is 9.59 Å². The molecule has 0 spiro atoms. The average Bonchev–Trinajstić information content (AvgIpc) is 3.44. The van der Waals surface area contributed by atoms with Crippen LogP contribution in [0.2, 0.25) is 0 Å². The van der Waals surface area contributed by atoms with Crippen LogP contribution in [0, 0.1) is 5.92 Å². The van der Waals surface area contributed by atoms with E-state index in [-0.39, 0.29) is 18.9 Å². The Morgan fingerprint density at radius 2 is 1.71 bits per heavy atom. The maximum absolute atomic E-state index is 12.7. The van der Waals surface area contributed by atoms with Crippen LogP contribution >= 0.6 is 0 Å². The zero-order valence-corrected chi connectivity index (χ0v) is 17.1. The Balaban J connectivity index is 1.38. The van der Waals surface area contributed by atoms with Crippen LogP contribution in [0.15, 0.2) is 24.3 Å². The lowest BCUT2D eigenvalue weighted by atomic mass is 9.96. The van der Waals surface area contributed by atoms with Crippen molar-refractivity contribution in [3.63, 3.8) is 0 Å². The first-order valence-electron chi connectivity index (χ1n) is 10.7. The highest BCUT2D eigenvalue weighted by Gasteiger charge is 2.45. The summed E-state index contributed by atoms with van der Waals surface area (Å²) in [5.74, 6) is -1.38. The van der Waals surface area contributed by atoms with Crippen molar-refractivity contribution in [1.29, 1.82) is 0 Å². The van der Waals surface area contributed by atoms with Gasteiger partial charge in [-0.2, -0.15) is 0 Å². The molecule has 0 aliphatic carbocycles. The van der Waals surface area contributed by atoms with Crippen LogP contribution in [-0.4, -0.2) is 89.1 Å². The number of benzene rings is 1. The quantitative estimate of drug-likeness (QED) is 0.378. The topological polar surface area (TPSA) is 143 Å². The highest BCUT2D eigenvalue weighted by atomic mass is 16.6. The van der Waals surface area contributed by atoms with E-state index in [0.29, 0.717) is 5.69 Å². The van der Waals surface area contributed by atoms with Crippen molar-refractivity contribution in [3.05, 3.63) is 24.3 Å². The number of nitrogens with one attached hydrogen (secondary N) is 1. The van der Waals surface area contributed by atoms with E-state index in [9.17, 15) is 24.9 Å². The number of hydrogen-bond donors (Lipinski definition) is 5. The number of aliphatic hydroxyl groups excluding tert-OH is 4. The lowest BCUT2D eigenvalue weighted by Crippen LogP contribution is -2.64. The summed E-state index contributed by atoms with van der Waals surface area (Å²) in [6.45, 7) is 1.65. The van der Waals surface area contributed by atoms with Crippen LogP contribution in [0.4, 0.5) is 11.4 Å². The number of rotatable bonds is 5. The minimum absolute atomic E-state index is 0.00129. The van der Waals surface area contributed by atoms with Crippen LogP contribution < -0.4 is 15.1 Å². The van der Waals surface area contributed by atoms with Crippen molar-refractivity contribution >= 4 is 23.2 Å². The molecule has 10 heteroatoms. The van der Waals surface area contributed by atoms with Crippen molar-refractivity contribution in [3.8, 4) is 0 Å². The van der Waals surface area contributed by atoms with Gasteiger partial charge >= 0.3 is 0 Å². The lowest BCUT2D eigenvalue weighted by Gasteiger charge is -2.40. The summed E-state index contributed by atoms with van der Waals surface area (Å²) in [5.41, 5.74) is 1.83. The predicted octanol–water partition coefficient (Wildman–Crippen LogP) is -1.44. The van der Waals surface area contributed by atoms with Gasteiger partial charge in [-0.15, -0.1) is 0 Å². The SMILES string of the molecule is O=C(NC1C(O)O[C@H](CO)C(O)[C@@H]1O)C1CC(=O)N(c2ccc(N3CCCC3)cc2)C1. The second-order valence-corrected chi connectivity index (χ2v) is 8.38. The molecule has 1 aromatic carbocycles. The Labute approximate surface area is 180 Å². The number of hydrogen-bond acceptors (Lipinski definition) is 8. The fourth-order valence-electron chi connectivity index (χ4n) is 4.49. The van der Waals surface area contributed by atoms with E-state index in [1.165, 1.54) is 12.8 Å². The maximum atomic E-state index is 12.7. The van der Waals surface area contributed by atoms with Crippen LogP contribution in [0.25, 0.3) is 0 Å². The van der Waals surface area contributed by atoms with Gasteiger partial charge in [0.1, 0.15) is 24.4 Å². The molecule has 0 aromatic heterocycles. The predicted molar refractivity (Wildman–Crippen MR) is 110 cm³/mol. The second-order valence-electron chi connectivity index (χ2n) is 8.38. The molecule has 5 N–H and O–H groups in total. The van der Waals surface area contributed by atoms with E-state index >= 15 is 0 Å². The molecule has 6 atom stereocenters. The van der Waals surface area contributed by atoms with E-state index in [4.69, 9.17) is 9.84 Å². The number of nitrogens with zero attached hydrogens (tertiary/aromatic N) is 2. The van der Waals surface area contributed by atoms with Crippen LogP contribution in [0.3, 0.4) is 0 Å². The summed E-state index contributed by atoms with van der Waals surface area (Å²) in [4.78, 5) is 29.1. The molecular weight excluding hydrogens is 406 g/mol. The normalized spacial score (nSPS) is 33.7. The maximum Gasteiger partial charge on any atom is 0.227 e. The van der Waals surface area contributed by atoms with Crippen LogP contribution in [0.1, 0.15) is 19.3 Å². The van der Waals surface area contributed by atoms with Crippen molar-refractivity contribution in [1.82, 2.24) is 5.32 Å². The van der Waals surface area contributed by atoms with Crippen molar-refractivity contribution in [2.24, 2.45) is 5.92 Å². The third-order valence-corrected chi connectivity index (χ3v) is 6.34. The third kappa shape index (κ3) is 4.39. The average molecular weight is 435 g/mol. The molecule has 3 heterocycles. The zero-order valence-electron chi connectivity index (χ0n) is 17.1. The number of aliphatic hydroxyl groups is 4. The van der Waals surface area contributed by atoms with Gasteiger partial charge in [0.05, 0.1) is 12.5 Å². The molecule has 31 heavy (non-hydrogen) atoms. The summed E-state index contributed by atoms with van der Waals surface area (Å²) < 4.78 is 5.06. The van der Waals surface area contributed by atoms with Gasteiger partial charge in [0.2, 0.25) is 11.8 Å². The Hall–Kier alpha value is -2.24. The van der Waals surface area contributed by atoms with Gasteiger partial charge in [0, 0.05) is 37.4 Å². The fourth-order valence-corrected chi connectivity index (χ4v) is 4.49. The summed E-state index contributed by atoms with van der Waals surface area (Å²) in [6, 6.07) is 6.44. The summed E-state index contributed by atoms with van der Waals surface area (Å²) in [7, 11) is 0. The van der Waals surface area contributed by atoms with Gasteiger partial charge in [-0.05, 0) is 37.1 Å². The van der Waals surface area contributed by atoms with Crippen molar-refractivity contribution in [2.45, 2.75) is 49.9 Å². The molecule has 0 bridgehead atoms. The smallest absolute Gasteiger partial charge is 0.227 e. The number of ether oxygens (including phenoxy) is 1. The molecule has 3 aliphatic rings.